The molecule has 26 heavy (non-hydrogen) atoms. The number of anilines is 1. The van der Waals surface area contributed by atoms with Crippen molar-refractivity contribution >= 4 is 35.0 Å². The van der Waals surface area contributed by atoms with E-state index in [0.717, 1.165) is 17.0 Å². The summed E-state index contributed by atoms with van der Waals surface area (Å²) < 4.78 is 0. The van der Waals surface area contributed by atoms with Gasteiger partial charge in [-0.3, -0.25) is 4.79 Å². The molecule has 3 aromatic carbocycles. The molecule has 0 aliphatic heterocycles. The Labute approximate surface area is 163 Å². The third kappa shape index (κ3) is 4.90. The van der Waals surface area contributed by atoms with Crippen LogP contribution in [0.25, 0.3) is 0 Å². The fourth-order valence-electron chi connectivity index (χ4n) is 2.48. The van der Waals surface area contributed by atoms with E-state index in [9.17, 15) is 4.79 Å². The highest BCUT2D eigenvalue weighted by Gasteiger charge is 2.08. The molecule has 0 spiro atoms. The van der Waals surface area contributed by atoms with Crippen LogP contribution in [0.1, 0.15) is 27.0 Å². The van der Waals surface area contributed by atoms with Gasteiger partial charge in [-0.1, -0.05) is 47.5 Å². The molecule has 1 amide bonds. The van der Waals surface area contributed by atoms with Crippen LogP contribution < -0.4 is 5.32 Å². The molecule has 132 valence electrons. The first-order chi connectivity index (χ1) is 12.5. The van der Waals surface area contributed by atoms with E-state index in [4.69, 9.17) is 11.6 Å². The minimum absolute atomic E-state index is 0.131. The predicted molar refractivity (Wildman–Crippen MR) is 111 cm³/mol. The van der Waals surface area contributed by atoms with Gasteiger partial charge in [0.05, 0.1) is 0 Å². The Hall–Kier alpha value is -2.23. The van der Waals surface area contributed by atoms with Crippen molar-refractivity contribution in [2.24, 2.45) is 0 Å². The summed E-state index contributed by atoms with van der Waals surface area (Å²) in [4.78, 5) is 13.7. The molecule has 3 rings (SSSR count). The van der Waals surface area contributed by atoms with Crippen molar-refractivity contribution in [1.82, 2.24) is 0 Å². The first-order valence-corrected chi connectivity index (χ1v) is 9.73. The van der Waals surface area contributed by atoms with Crippen molar-refractivity contribution in [2.45, 2.75) is 24.5 Å². The van der Waals surface area contributed by atoms with Gasteiger partial charge in [0.2, 0.25) is 0 Å². The Bertz CT molecular complexity index is 904. The number of nitrogens with one attached hydrogen (secondary N) is 1. The van der Waals surface area contributed by atoms with Gasteiger partial charge in [0.25, 0.3) is 5.91 Å². The van der Waals surface area contributed by atoms with Crippen LogP contribution in [-0.2, 0) is 5.75 Å². The van der Waals surface area contributed by atoms with Gasteiger partial charge in [-0.2, -0.15) is 0 Å². The van der Waals surface area contributed by atoms with Crippen LogP contribution >= 0.6 is 23.4 Å². The zero-order chi connectivity index (χ0) is 18.5. The van der Waals surface area contributed by atoms with Gasteiger partial charge in [0.15, 0.2) is 0 Å². The average Bonchev–Trinajstić information content (AvgIpc) is 2.64. The van der Waals surface area contributed by atoms with E-state index in [1.165, 1.54) is 16.0 Å². The summed E-state index contributed by atoms with van der Waals surface area (Å²) in [5, 5.41) is 3.53. The van der Waals surface area contributed by atoms with Crippen molar-refractivity contribution in [3.63, 3.8) is 0 Å². The highest BCUT2D eigenvalue weighted by molar-refractivity contribution is 7.98. The lowest BCUT2D eigenvalue weighted by atomic mass is 10.1. The fraction of sp³-hybridized carbons (Fsp3) is 0.136. The number of benzene rings is 3. The standard InChI is InChI=1S/C22H20ClNOS/c1-15-3-11-20(12-4-15)26-14-17-6-8-18(9-7-17)22(25)24-21-13-19(23)10-5-16(21)2/h3-13H,14H2,1-2H3,(H,24,25). The van der Waals surface area contributed by atoms with E-state index in [1.54, 1.807) is 17.8 Å². The Morgan fingerprint density at radius 3 is 2.35 bits per heavy atom. The molecule has 0 atom stereocenters. The Morgan fingerprint density at radius 1 is 0.962 bits per heavy atom. The van der Waals surface area contributed by atoms with E-state index in [0.29, 0.717) is 10.6 Å². The molecular weight excluding hydrogens is 362 g/mol. The van der Waals surface area contributed by atoms with Gasteiger partial charge in [-0.15, -0.1) is 11.8 Å². The Morgan fingerprint density at radius 2 is 1.65 bits per heavy atom. The van der Waals surface area contributed by atoms with Crippen molar-refractivity contribution < 1.29 is 4.79 Å². The third-order valence-corrected chi connectivity index (χ3v) is 5.41. The van der Waals surface area contributed by atoms with E-state index >= 15 is 0 Å². The molecule has 0 radical (unpaired) electrons. The van der Waals surface area contributed by atoms with Crippen LogP contribution in [0.4, 0.5) is 5.69 Å². The first-order valence-electron chi connectivity index (χ1n) is 8.37. The van der Waals surface area contributed by atoms with Gasteiger partial charge < -0.3 is 5.32 Å². The average molecular weight is 382 g/mol. The van der Waals surface area contributed by atoms with Gasteiger partial charge in [-0.05, 0) is 61.4 Å². The van der Waals surface area contributed by atoms with Crippen LogP contribution in [0.3, 0.4) is 0 Å². The second-order valence-corrected chi connectivity index (χ2v) is 7.70. The number of amides is 1. The molecule has 0 aliphatic rings. The van der Waals surface area contributed by atoms with Gasteiger partial charge in [0, 0.05) is 26.9 Å². The molecule has 0 unspecified atom stereocenters. The maximum Gasteiger partial charge on any atom is 0.255 e. The summed E-state index contributed by atoms with van der Waals surface area (Å²) in [6.07, 6.45) is 0. The number of carbonyl (C=O) groups excluding carboxylic acids is 1. The molecule has 0 aromatic heterocycles. The molecule has 2 nitrogen and oxygen atoms in total. The lowest BCUT2D eigenvalue weighted by molar-refractivity contribution is 0.102. The van der Waals surface area contributed by atoms with E-state index in [-0.39, 0.29) is 5.91 Å². The molecule has 1 N–H and O–H groups in total. The summed E-state index contributed by atoms with van der Waals surface area (Å²) in [6, 6.07) is 21.7. The quantitative estimate of drug-likeness (QED) is 0.511. The molecular formula is C22H20ClNOS. The fourth-order valence-corrected chi connectivity index (χ4v) is 3.50. The highest BCUT2D eigenvalue weighted by Crippen LogP contribution is 2.24. The zero-order valence-electron chi connectivity index (χ0n) is 14.8. The minimum atomic E-state index is -0.131. The summed E-state index contributed by atoms with van der Waals surface area (Å²) in [5.74, 6) is 0.742. The van der Waals surface area contributed by atoms with Crippen LogP contribution in [-0.4, -0.2) is 5.91 Å². The first kappa shape index (κ1) is 18.6. The lowest BCUT2D eigenvalue weighted by Gasteiger charge is -2.09. The lowest BCUT2D eigenvalue weighted by Crippen LogP contribution is -2.12. The van der Waals surface area contributed by atoms with Crippen LogP contribution in [0.2, 0.25) is 5.02 Å². The Kier molecular flexibility index (Phi) is 6.02. The van der Waals surface area contributed by atoms with Crippen molar-refractivity contribution in [3.05, 3.63) is 94.0 Å². The van der Waals surface area contributed by atoms with Gasteiger partial charge in [-0.25, -0.2) is 0 Å². The molecule has 4 heteroatoms. The molecule has 0 saturated carbocycles. The molecule has 0 aliphatic carbocycles. The second-order valence-electron chi connectivity index (χ2n) is 6.21. The van der Waals surface area contributed by atoms with Gasteiger partial charge in [0.1, 0.15) is 0 Å². The number of thioether (sulfide) groups is 1. The summed E-state index contributed by atoms with van der Waals surface area (Å²) in [6.45, 7) is 4.03. The molecule has 0 fully saturated rings. The summed E-state index contributed by atoms with van der Waals surface area (Å²) in [7, 11) is 0. The van der Waals surface area contributed by atoms with E-state index in [1.807, 2.05) is 43.3 Å². The van der Waals surface area contributed by atoms with E-state index < -0.39 is 0 Å². The normalized spacial score (nSPS) is 10.6. The van der Waals surface area contributed by atoms with Crippen molar-refractivity contribution in [2.75, 3.05) is 5.32 Å². The maximum absolute atomic E-state index is 12.4. The van der Waals surface area contributed by atoms with Crippen LogP contribution in [0.5, 0.6) is 0 Å². The number of hydrogen-bond donors (Lipinski definition) is 1. The molecule has 0 bridgehead atoms. The molecule has 0 saturated heterocycles. The van der Waals surface area contributed by atoms with Crippen LogP contribution in [0.15, 0.2) is 71.6 Å². The minimum Gasteiger partial charge on any atom is -0.322 e. The maximum atomic E-state index is 12.4. The largest absolute Gasteiger partial charge is 0.322 e. The SMILES string of the molecule is Cc1ccc(SCc2ccc(C(=O)Nc3cc(Cl)ccc3C)cc2)cc1. The number of carbonyl (C=O) groups is 1. The van der Waals surface area contributed by atoms with E-state index in [2.05, 4.69) is 36.5 Å². The topological polar surface area (TPSA) is 29.1 Å². The molecule has 0 heterocycles. The molecule has 3 aromatic rings. The summed E-state index contributed by atoms with van der Waals surface area (Å²) in [5.41, 5.74) is 4.80. The number of aryl methyl sites for hydroxylation is 2. The number of hydrogen-bond acceptors (Lipinski definition) is 2. The highest BCUT2D eigenvalue weighted by atomic mass is 35.5. The monoisotopic (exact) mass is 381 g/mol. The number of rotatable bonds is 5. The van der Waals surface area contributed by atoms with Crippen molar-refractivity contribution in [1.29, 1.82) is 0 Å². The van der Waals surface area contributed by atoms with Crippen molar-refractivity contribution in [3.8, 4) is 0 Å². The number of halogens is 1. The Balaban J connectivity index is 1.62. The predicted octanol–water partition coefficient (Wildman–Crippen LogP) is 6.50. The smallest absolute Gasteiger partial charge is 0.255 e. The third-order valence-electron chi connectivity index (χ3n) is 4.09. The van der Waals surface area contributed by atoms with Gasteiger partial charge >= 0.3 is 0 Å². The van der Waals surface area contributed by atoms with Crippen LogP contribution in [0, 0.1) is 13.8 Å². The summed E-state index contributed by atoms with van der Waals surface area (Å²) >= 11 is 7.79. The second kappa shape index (κ2) is 8.43. The zero-order valence-corrected chi connectivity index (χ0v) is 16.3.